The Morgan fingerprint density at radius 2 is 1.69 bits per heavy atom. The maximum absolute atomic E-state index is 13.9. The number of aliphatic hydroxyl groups excluding tert-OH is 1. The molecule has 1 unspecified atom stereocenters. The lowest BCUT2D eigenvalue weighted by molar-refractivity contribution is -0.132. The molecule has 35 heavy (non-hydrogen) atoms. The van der Waals surface area contributed by atoms with Gasteiger partial charge in [0.1, 0.15) is 17.3 Å². The summed E-state index contributed by atoms with van der Waals surface area (Å²) in [5.74, 6) is -1.33. The van der Waals surface area contributed by atoms with Crippen molar-refractivity contribution in [3.63, 3.8) is 0 Å². The SMILES string of the molecule is CCOc1ccc(C2/C(=C(/O)c3ccc(F)c(C)c3)C(=O)C(=O)N2c2ccc(C(C)C)cc2)cc1. The summed E-state index contributed by atoms with van der Waals surface area (Å²) in [6.45, 7) is 8.11. The van der Waals surface area contributed by atoms with Crippen LogP contribution >= 0.6 is 0 Å². The van der Waals surface area contributed by atoms with Crippen molar-refractivity contribution in [3.8, 4) is 5.75 Å². The van der Waals surface area contributed by atoms with E-state index in [9.17, 15) is 19.1 Å². The van der Waals surface area contributed by atoms with Gasteiger partial charge in [0.25, 0.3) is 11.7 Å². The van der Waals surface area contributed by atoms with Crippen LogP contribution in [0.15, 0.2) is 72.3 Å². The minimum absolute atomic E-state index is 0.0434. The first kappa shape index (κ1) is 24.2. The third-order valence-corrected chi connectivity index (χ3v) is 6.22. The van der Waals surface area contributed by atoms with Crippen LogP contribution in [0, 0.1) is 12.7 Å². The molecule has 0 bridgehead atoms. The Morgan fingerprint density at radius 1 is 1.03 bits per heavy atom. The minimum Gasteiger partial charge on any atom is -0.507 e. The zero-order chi connectivity index (χ0) is 25.3. The van der Waals surface area contributed by atoms with Gasteiger partial charge in [0.2, 0.25) is 0 Å². The fourth-order valence-electron chi connectivity index (χ4n) is 4.29. The third kappa shape index (κ3) is 4.56. The van der Waals surface area contributed by atoms with Gasteiger partial charge in [0, 0.05) is 11.3 Å². The first-order valence-electron chi connectivity index (χ1n) is 11.6. The highest BCUT2D eigenvalue weighted by atomic mass is 19.1. The van der Waals surface area contributed by atoms with Crippen molar-refractivity contribution >= 4 is 23.1 Å². The maximum atomic E-state index is 13.9. The highest BCUT2D eigenvalue weighted by Gasteiger charge is 2.47. The topological polar surface area (TPSA) is 66.8 Å². The van der Waals surface area contributed by atoms with E-state index < -0.39 is 23.5 Å². The second-order valence-corrected chi connectivity index (χ2v) is 8.88. The monoisotopic (exact) mass is 473 g/mol. The largest absolute Gasteiger partial charge is 0.507 e. The number of ether oxygens (including phenoxy) is 1. The lowest BCUT2D eigenvalue weighted by Gasteiger charge is -2.26. The van der Waals surface area contributed by atoms with Crippen molar-refractivity contribution in [1.29, 1.82) is 0 Å². The first-order chi connectivity index (χ1) is 16.7. The number of halogens is 1. The van der Waals surface area contributed by atoms with Gasteiger partial charge in [-0.1, -0.05) is 38.1 Å². The van der Waals surface area contributed by atoms with Crippen molar-refractivity contribution in [2.24, 2.45) is 0 Å². The smallest absolute Gasteiger partial charge is 0.300 e. The zero-order valence-electron chi connectivity index (χ0n) is 20.2. The van der Waals surface area contributed by atoms with E-state index in [1.807, 2.05) is 31.2 Å². The van der Waals surface area contributed by atoms with Crippen LogP contribution in [0.3, 0.4) is 0 Å². The number of hydrogen-bond acceptors (Lipinski definition) is 4. The molecule has 5 nitrogen and oxygen atoms in total. The fourth-order valence-corrected chi connectivity index (χ4v) is 4.29. The van der Waals surface area contributed by atoms with Gasteiger partial charge in [-0.2, -0.15) is 0 Å². The molecule has 1 aliphatic rings. The van der Waals surface area contributed by atoms with E-state index in [4.69, 9.17) is 4.74 Å². The molecule has 0 saturated carbocycles. The Morgan fingerprint density at radius 3 is 2.26 bits per heavy atom. The number of hydrogen-bond donors (Lipinski definition) is 1. The van der Waals surface area contributed by atoms with E-state index in [2.05, 4.69) is 13.8 Å². The Bertz CT molecular complexity index is 1290. The predicted molar refractivity (Wildman–Crippen MR) is 134 cm³/mol. The maximum Gasteiger partial charge on any atom is 0.300 e. The summed E-state index contributed by atoms with van der Waals surface area (Å²) >= 11 is 0. The van der Waals surface area contributed by atoms with Crippen molar-refractivity contribution in [2.75, 3.05) is 11.5 Å². The van der Waals surface area contributed by atoms with Crippen molar-refractivity contribution in [2.45, 2.75) is 39.7 Å². The van der Waals surface area contributed by atoms with Crippen LogP contribution < -0.4 is 9.64 Å². The Hall–Kier alpha value is -3.93. The van der Waals surface area contributed by atoms with Crippen LogP contribution in [0.1, 0.15) is 55.0 Å². The fraction of sp³-hybridized carbons (Fsp3) is 0.241. The van der Waals surface area contributed by atoms with Crippen LogP contribution in [-0.4, -0.2) is 23.4 Å². The summed E-state index contributed by atoms with van der Waals surface area (Å²) in [5.41, 5.74) is 2.84. The van der Waals surface area contributed by atoms with Gasteiger partial charge < -0.3 is 9.84 Å². The highest BCUT2D eigenvalue weighted by Crippen LogP contribution is 2.42. The van der Waals surface area contributed by atoms with Crippen LogP contribution in [0.2, 0.25) is 0 Å². The molecule has 180 valence electrons. The van der Waals surface area contributed by atoms with E-state index in [-0.39, 0.29) is 16.9 Å². The number of ketones is 1. The normalized spacial score (nSPS) is 17.3. The van der Waals surface area contributed by atoms with Crippen LogP contribution in [0.25, 0.3) is 5.76 Å². The number of rotatable bonds is 6. The molecule has 1 N–H and O–H groups in total. The lowest BCUT2D eigenvalue weighted by atomic mass is 9.94. The van der Waals surface area contributed by atoms with Gasteiger partial charge in [-0.25, -0.2) is 4.39 Å². The molecule has 6 heteroatoms. The van der Waals surface area contributed by atoms with Gasteiger partial charge in [-0.15, -0.1) is 0 Å². The molecule has 1 aliphatic heterocycles. The summed E-state index contributed by atoms with van der Waals surface area (Å²) in [4.78, 5) is 28.0. The lowest BCUT2D eigenvalue weighted by Crippen LogP contribution is -2.29. The molecule has 1 amide bonds. The molecule has 0 aromatic heterocycles. The number of amides is 1. The van der Waals surface area contributed by atoms with Crippen LogP contribution in [-0.2, 0) is 9.59 Å². The molecule has 4 rings (SSSR count). The van der Waals surface area contributed by atoms with Crippen molar-refractivity contribution in [1.82, 2.24) is 0 Å². The average Bonchev–Trinajstić information content (AvgIpc) is 3.11. The summed E-state index contributed by atoms with van der Waals surface area (Å²) in [6, 6.07) is 17.8. The van der Waals surface area contributed by atoms with Crippen LogP contribution in [0.4, 0.5) is 10.1 Å². The summed E-state index contributed by atoms with van der Waals surface area (Å²) in [7, 11) is 0. The van der Waals surface area contributed by atoms with Gasteiger partial charge in [-0.3, -0.25) is 14.5 Å². The van der Waals surface area contributed by atoms with E-state index >= 15 is 0 Å². The molecule has 0 radical (unpaired) electrons. The highest BCUT2D eigenvalue weighted by molar-refractivity contribution is 6.51. The van der Waals surface area contributed by atoms with E-state index in [0.717, 1.165) is 5.56 Å². The summed E-state index contributed by atoms with van der Waals surface area (Å²) < 4.78 is 19.4. The number of aryl methyl sites for hydroxylation is 1. The molecule has 1 atom stereocenters. The number of benzene rings is 3. The molecular formula is C29H28FNO4. The van der Waals surface area contributed by atoms with Crippen LogP contribution in [0.5, 0.6) is 5.75 Å². The summed E-state index contributed by atoms with van der Waals surface area (Å²) in [5, 5.41) is 11.2. The quantitative estimate of drug-likeness (QED) is 0.260. The number of anilines is 1. The molecule has 0 spiro atoms. The Labute approximate surface area is 204 Å². The second kappa shape index (κ2) is 9.74. The van der Waals surface area contributed by atoms with Gasteiger partial charge in [0.15, 0.2) is 0 Å². The van der Waals surface area contributed by atoms with Crippen molar-refractivity contribution < 1.29 is 23.8 Å². The van der Waals surface area contributed by atoms with E-state index in [0.29, 0.717) is 35.1 Å². The predicted octanol–water partition coefficient (Wildman–Crippen LogP) is 6.28. The zero-order valence-corrected chi connectivity index (χ0v) is 20.2. The molecule has 1 fully saturated rings. The molecule has 3 aromatic carbocycles. The molecule has 1 saturated heterocycles. The standard InChI is InChI=1S/C29H28FNO4/c1-5-35-23-13-8-20(9-14-23)26-25(27(32)21-10-15-24(30)18(4)16-21)28(33)29(34)31(26)22-11-6-19(7-12-22)17(2)3/h6-17,26,32H,5H2,1-4H3/b27-25-. The minimum atomic E-state index is -0.860. The number of carbonyl (C=O) groups is 2. The van der Waals surface area contributed by atoms with E-state index in [1.54, 1.807) is 31.2 Å². The van der Waals surface area contributed by atoms with Gasteiger partial charge >= 0.3 is 0 Å². The number of nitrogens with zero attached hydrogens (tertiary/aromatic N) is 1. The first-order valence-corrected chi connectivity index (χ1v) is 11.6. The summed E-state index contributed by atoms with van der Waals surface area (Å²) in [6.07, 6.45) is 0. The number of Topliss-reactive ketones (excluding diaryl/α,β-unsaturated/α-hetero) is 1. The molecule has 3 aromatic rings. The molecular weight excluding hydrogens is 445 g/mol. The van der Waals surface area contributed by atoms with Gasteiger partial charge in [0.05, 0.1) is 18.2 Å². The molecule has 1 heterocycles. The van der Waals surface area contributed by atoms with Gasteiger partial charge in [-0.05, 0) is 78.9 Å². The Balaban J connectivity index is 1.89. The Kier molecular flexibility index (Phi) is 6.74. The van der Waals surface area contributed by atoms with Crippen molar-refractivity contribution in [3.05, 3.63) is 100 Å². The number of carbonyl (C=O) groups excluding carboxylic acids is 2. The third-order valence-electron chi connectivity index (χ3n) is 6.22. The number of aliphatic hydroxyl groups is 1. The van der Waals surface area contributed by atoms with E-state index in [1.165, 1.54) is 23.1 Å². The average molecular weight is 474 g/mol. The second-order valence-electron chi connectivity index (χ2n) is 8.88. The molecule has 0 aliphatic carbocycles.